The molecule has 1 aliphatic carbocycles. The largest absolute Gasteiger partial charge is 0.348 e. The number of carbonyl (C=O) groups is 1. The first-order valence-electron chi connectivity index (χ1n) is 8.71. The molecule has 1 heterocycles. The quantitative estimate of drug-likeness (QED) is 0.592. The number of rotatable bonds is 5. The van der Waals surface area contributed by atoms with Gasteiger partial charge in [0.25, 0.3) is 5.91 Å². The van der Waals surface area contributed by atoms with Crippen molar-refractivity contribution in [1.82, 2.24) is 5.32 Å². The van der Waals surface area contributed by atoms with Crippen LogP contribution >= 0.6 is 46.1 Å². The van der Waals surface area contributed by atoms with E-state index < -0.39 is 15.7 Å². The van der Waals surface area contributed by atoms with Crippen molar-refractivity contribution in [3.63, 3.8) is 0 Å². The molecule has 0 fully saturated rings. The van der Waals surface area contributed by atoms with Crippen molar-refractivity contribution in [2.75, 3.05) is 12.8 Å². The number of nitrogens with one attached hydrogen (secondary N) is 1. The van der Waals surface area contributed by atoms with Crippen LogP contribution in [0.1, 0.15) is 34.0 Å². The maximum atomic E-state index is 12.4. The van der Waals surface area contributed by atoms with Gasteiger partial charge in [0.15, 0.2) is 9.84 Å². The SMILES string of the molecule is CS(=O)(=O)c1csc(C(=O)NCC2=CC[C@H](c3ccc(Cl)cc3Cl)[C@@H](N)C2)c1Cl. The van der Waals surface area contributed by atoms with Crippen molar-refractivity contribution in [2.45, 2.75) is 29.7 Å². The van der Waals surface area contributed by atoms with Crippen LogP contribution in [-0.4, -0.2) is 33.2 Å². The Hall–Kier alpha value is -1.09. The Morgan fingerprint density at radius 3 is 2.62 bits per heavy atom. The van der Waals surface area contributed by atoms with Crippen molar-refractivity contribution in [1.29, 1.82) is 0 Å². The van der Waals surface area contributed by atoms with Crippen LogP contribution in [0.4, 0.5) is 0 Å². The van der Waals surface area contributed by atoms with Gasteiger partial charge >= 0.3 is 0 Å². The van der Waals surface area contributed by atoms with Gasteiger partial charge in [-0.3, -0.25) is 4.79 Å². The molecule has 3 rings (SSSR count). The lowest BCUT2D eigenvalue weighted by Gasteiger charge is -2.29. The minimum absolute atomic E-state index is 0.0316. The highest BCUT2D eigenvalue weighted by atomic mass is 35.5. The van der Waals surface area contributed by atoms with Gasteiger partial charge in [-0.25, -0.2) is 8.42 Å². The molecule has 0 spiro atoms. The molecule has 3 N–H and O–H groups in total. The number of carbonyl (C=O) groups excluding carboxylic acids is 1. The number of sulfone groups is 1. The Kier molecular flexibility index (Phi) is 6.98. The molecule has 5 nitrogen and oxygen atoms in total. The van der Waals surface area contributed by atoms with Gasteiger partial charge in [0.05, 0.1) is 9.92 Å². The third-order valence-electron chi connectivity index (χ3n) is 4.82. The van der Waals surface area contributed by atoms with Crippen molar-refractivity contribution in [3.8, 4) is 0 Å². The molecule has 1 aromatic heterocycles. The van der Waals surface area contributed by atoms with Gasteiger partial charge in [-0.2, -0.15) is 0 Å². The number of benzene rings is 1. The number of allylic oxidation sites excluding steroid dienone is 1. The van der Waals surface area contributed by atoms with Crippen molar-refractivity contribution >= 4 is 61.9 Å². The summed E-state index contributed by atoms with van der Waals surface area (Å²) in [5, 5.41) is 5.30. The van der Waals surface area contributed by atoms with Gasteiger partial charge < -0.3 is 11.1 Å². The zero-order chi connectivity index (χ0) is 21.3. The first-order valence-corrected chi connectivity index (χ1v) is 12.6. The summed E-state index contributed by atoms with van der Waals surface area (Å²) in [7, 11) is -3.48. The van der Waals surface area contributed by atoms with Crippen LogP contribution in [-0.2, 0) is 9.84 Å². The molecule has 0 bridgehead atoms. The summed E-state index contributed by atoms with van der Waals surface area (Å²) in [4.78, 5) is 12.6. The second-order valence-electron chi connectivity index (χ2n) is 6.94. The maximum Gasteiger partial charge on any atom is 0.263 e. The van der Waals surface area contributed by atoms with E-state index >= 15 is 0 Å². The Morgan fingerprint density at radius 2 is 2.03 bits per heavy atom. The Balaban J connectivity index is 1.66. The van der Waals surface area contributed by atoms with Crippen molar-refractivity contribution in [3.05, 3.63) is 60.7 Å². The average Bonchev–Trinajstić information content (AvgIpc) is 3.02. The summed E-state index contributed by atoms with van der Waals surface area (Å²) < 4.78 is 23.3. The number of nitrogens with two attached hydrogens (primary N) is 1. The van der Waals surface area contributed by atoms with Crippen LogP contribution in [0.3, 0.4) is 0 Å². The van der Waals surface area contributed by atoms with E-state index in [1.54, 1.807) is 12.1 Å². The van der Waals surface area contributed by atoms with Crippen molar-refractivity contribution < 1.29 is 13.2 Å². The highest BCUT2D eigenvalue weighted by molar-refractivity contribution is 7.91. The monoisotopic (exact) mass is 492 g/mol. The van der Waals surface area contributed by atoms with Crippen molar-refractivity contribution in [2.24, 2.45) is 5.73 Å². The Morgan fingerprint density at radius 1 is 1.31 bits per heavy atom. The van der Waals surface area contributed by atoms with Crippen LogP contribution in [0.2, 0.25) is 15.1 Å². The lowest BCUT2D eigenvalue weighted by Crippen LogP contribution is -2.34. The van der Waals surface area contributed by atoms with E-state index in [0.717, 1.165) is 28.7 Å². The smallest absolute Gasteiger partial charge is 0.263 e. The zero-order valence-electron chi connectivity index (χ0n) is 15.4. The number of thiophene rings is 1. The molecule has 0 saturated heterocycles. The maximum absolute atomic E-state index is 12.4. The fourth-order valence-electron chi connectivity index (χ4n) is 3.31. The fraction of sp³-hybridized carbons (Fsp3) is 0.316. The van der Waals surface area contributed by atoms with Gasteiger partial charge in [0.2, 0.25) is 0 Å². The molecule has 0 aliphatic heterocycles. The molecule has 0 unspecified atom stereocenters. The third-order valence-corrected chi connectivity index (χ3v) is 8.25. The molecular weight excluding hydrogens is 475 g/mol. The predicted octanol–water partition coefficient (Wildman–Crippen LogP) is 4.67. The number of halogens is 3. The third kappa shape index (κ3) is 5.16. The molecule has 156 valence electrons. The van der Waals surface area contributed by atoms with Gasteiger partial charge in [-0.05, 0) is 30.5 Å². The van der Waals surface area contributed by atoms with Gasteiger partial charge in [-0.15, -0.1) is 11.3 Å². The van der Waals surface area contributed by atoms with Crippen LogP contribution in [0.15, 0.2) is 40.1 Å². The van der Waals surface area contributed by atoms with E-state index in [4.69, 9.17) is 40.5 Å². The average molecular weight is 494 g/mol. The number of amides is 1. The molecule has 0 saturated carbocycles. The summed E-state index contributed by atoms with van der Waals surface area (Å²) in [6.07, 6.45) is 4.42. The molecule has 1 amide bonds. The summed E-state index contributed by atoms with van der Waals surface area (Å²) in [5.41, 5.74) is 8.33. The highest BCUT2D eigenvalue weighted by Crippen LogP contribution is 2.36. The molecule has 1 aromatic carbocycles. The summed E-state index contributed by atoms with van der Waals surface area (Å²) in [6, 6.07) is 5.26. The minimum atomic E-state index is -3.48. The van der Waals surface area contributed by atoms with E-state index in [-0.39, 0.29) is 26.8 Å². The first-order chi connectivity index (χ1) is 13.6. The van der Waals surface area contributed by atoms with Crippen LogP contribution in [0.25, 0.3) is 0 Å². The molecule has 1 aliphatic rings. The second kappa shape index (κ2) is 8.96. The Labute approximate surface area is 188 Å². The number of hydrogen-bond donors (Lipinski definition) is 2. The highest BCUT2D eigenvalue weighted by Gasteiger charge is 2.27. The van der Waals surface area contributed by atoms with E-state index in [2.05, 4.69) is 11.4 Å². The molecule has 29 heavy (non-hydrogen) atoms. The van der Waals surface area contributed by atoms with Gasteiger partial charge in [0, 0.05) is 40.2 Å². The van der Waals surface area contributed by atoms with E-state index in [1.807, 2.05) is 6.07 Å². The lowest BCUT2D eigenvalue weighted by molar-refractivity contribution is 0.0960. The van der Waals surface area contributed by atoms with Gasteiger partial charge in [0.1, 0.15) is 4.88 Å². The summed E-state index contributed by atoms with van der Waals surface area (Å²) in [5.74, 6) is -0.337. The molecule has 2 atom stereocenters. The molecular formula is C19H19Cl3N2O3S2. The van der Waals surface area contributed by atoms with E-state index in [0.29, 0.717) is 29.4 Å². The minimum Gasteiger partial charge on any atom is -0.348 e. The van der Waals surface area contributed by atoms with E-state index in [9.17, 15) is 13.2 Å². The van der Waals surface area contributed by atoms with Gasteiger partial charge in [-0.1, -0.05) is 52.5 Å². The summed E-state index contributed by atoms with van der Waals surface area (Å²) in [6.45, 7) is 0.316. The van der Waals surface area contributed by atoms with Crippen LogP contribution < -0.4 is 11.1 Å². The predicted molar refractivity (Wildman–Crippen MR) is 119 cm³/mol. The normalized spacial score (nSPS) is 19.7. The summed E-state index contributed by atoms with van der Waals surface area (Å²) >= 11 is 19.4. The second-order valence-corrected chi connectivity index (χ2v) is 11.0. The fourth-order valence-corrected chi connectivity index (χ4v) is 6.69. The van der Waals surface area contributed by atoms with Crippen LogP contribution in [0.5, 0.6) is 0 Å². The van der Waals surface area contributed by atoms with E-state index in [1.165, 1.54) is 5.38 Å². The topological polar surface area (TPSA) is 89.3 Å². The zero-order valence-corrected chi connectivity index (χ0v) is 19.3. The standard InChI is InChI=1S/C19H19Cl3N2O3S2/c1-29(26,27)16-9-28-18(17(16)22)19(25)24-8-10-2-4-13(15(23)6-10)12-5-3-11(20)7-14(12)21/h2-3,5,7,9,13,15H,4,6,8,23H2,1H3,(H,24,25)/t13-,15+/m1/s1. The Bertz CT molecular complexity index is 1080. The lowest BCUT2D eigenvalue weighted by atomic mass is 9.81. The van der Waals surface area contributed by atoms with Crippen LogP contribution in [0, 0.1) is 0 Å². The molecule has 10 heteroatoms. The number of hydrogen-bond acceptors (Lipinski definition) is 5. The molecule has 0 radical (unpaired) electrons. The molecule has 2 aromatic rings. The first kappa shape index (κ1) is 22.6.